The predicted molar refractivity (Wildman–Crippen MR) is 57.7 cm³/mol. The summed E-state index contributed by atoms with van der Waals surface area (Å²) in [4.78, 5) is 0.340. The van der Waals surface area contributed by atoms with Crippen molar-refractivity contribution in [2.75, 3.05) is 17.7 Å². The summed E-state index contributed by atoms with van der Waals surface area (Å²) in [6, 6.07) is 4.85. The van der Waals surface area contributed by atoms with Crippen LogP contribution in [-0.2, 0) is 9.84 Å². The number of aryl methyl sites for hydroxylation is 1. The summed E-state index contributed by atoms with van der Waals surface area (Å²) in [6.07, 6.45) is 0. The van der Waals surface area contributed by atoms with Crippen LogP contribution < -0.4 is 5.32 Å². The lowest BCUT2D eigenvalue weighted by molar-refractivity contribution is 0.281. The van der Waals surface area contributed by atoms with Gasteiger partial charge in [-0.3, -0.25) is 0 Å². The third kappa shape index (κ3) is 1.85. The van der Waals surface area contributed by atoms with Crippen LogP contribution >= 0.6 is 0 Å². The van der Waals surface area contributed by atoms with E-state index in [1.165, 1.54) is 0 Å². The highest BCUT2D eigenvalue weighted by Gasteiger charge is 2.29. The average molecular weight is 227 g/mol. The zero-order valence-corrected chi connectivity index (χ0v) is 9.21. The Kier molecular flexibility index (Phi) is 2.44. The zero-order valence-electron chi connectivity index (χ0n) is 8.40. The Balaban J connectivity index is 2.55. The fourth-order valence-corrected chi connectivity index (χ4v) is 3.45. The summed E-state index contributed by atoms with van der Waals surface area (Å²) in [5.41, 5.74) is 1.51. The quantitative estimate of drug-likeness (QED) is 0.735. The molecule has 0 bridgehead atoms. The van der Waals surface area contributed by atoms with Crippen molar-refractivity contribution in [3.8, 4) is 0 Å². The number of nitrogens with one attached hydrogen (secondary N) is 1. The van der Waals surface area contributed by atoms with Crippen LogP contribution in [0, 0.1) is 6.92 Å². The van der Waals surface area contributed by atoms with Gasteiger partial charge in [0.2, 0.25) is 0 Å². The normalized spacial score (nSPS) is 22.9. The van der Waals surface area contributed by atoms with E-state index in [9.17, 15) is 8.42 Å². The summed E-state index contributed by atoms with van der Waals surface area (Å²) < 4.78 is 23.7. The first kappa shape index (κ1) is 10.4. The van der Waals surface area contributed by atoms with Gasteiger partial charge in [0.15, 0.2) is 9.84 Å². The van der Waals surface area contributed by atoms with E-state index in [2.05, 4.69) is 5.32 Å². The lowest BCUT2D eigenvalue weighted by Gasteiger charge is -2.25. The summed E-state index contributed by atoms with van der Waals surface area (Å²) in [5.74, 6) is -0.0417. The van der Waals surface area contributed by atoms with Crippen molar-refractivity contribution >= 4 is 15.5 Å². The van der Waals surface area contributed by atoms with Crippen molar-refractivity contribution in [3.63, 3.8) is 0 Å². The minimum Gasteiger partial charge on any atom is -0.394 e. The number of rotatable bonds is 1. The van der Waals surface area contributed by atoms with E-state index >= 15 is 0 Å². The molecule has 1 aromatic rings. The molecule has 0 saturated carbocycles. The van der Waals surface area contributed by atoms with Crippen LogP contribution in [0.25, 0.3) is 0 Å². The van der Waals surface area contributed by atoms with Gasteiger partial charge in [-0.2, -0.15) is 0 Å². The van der Waals surface area contributed by atoms with Gasteiger partial charge >= 0.3 is 0 Å². The second-order valence-corrected chi connectivity index (χ2v) is 5.81. The summed E-state index contributed by atoms with van der Waals surface area (Å²) >= 11 is 0. The van der Waals surface area contributed by atoms with Gasteiger partial charge in [-0.05, 0) is 24.6 Å². The van der Waals surface area contributed by atoms with Gasteiger partial charge in [-0.15, -0.1) is 0 Å². The zero-order chi connectivity index (χ0) is 11.1. The number of anilines is 1. The van der Waals surface area contributed by atoms with Gasteiger partial charge in [0.05, 0.1) is 29.0 Å². The lowest BCUT2D eigenvalue weighted by atomic mass is 10.2. The molecular weight excluding hydrogens is 214 g/mol. The molecule has 0 saturated heterocycles. The lowest BCUT2D eigenvalue weighted by Crippen LogP contribution is -2.36. The Bertz CT molecular complexity index is 481. The SMILES string of the molecule is Cc1ccc2c(c1)S(=O)(=O)CC(CO)N2. The fraction of sp³-hybridized carbons (Fsp3) is 0.400. The van der Waals surface area contributed by atoms with E-state index in [4.69, 9.17) is 5.11 Å². The molecule has 0 spiro atoms. The predicted octanol–water partition coefficient (Wildman–Crippen LogP) is 0.555. The van der Waals surface area contributed by atoms with Gasteiger partial charge in [-0.1, -0.05) is 6.07 Å². The minimum absolute atomic E-state index is 0.0417. The van der Waals surface area contributed by atoms with E-state index in [0.717, 1.165) is 5.56 Å². The number of fused-ring (bicyclic) bond motifs is 1. The van der Waals surface area contributed by atoms with Crippen molar-refractivity contribution in [3.05, 3.63) is 23.8 Å². The maximum atomic E-state index is 11.8. The van der Waals surface area contributed by atoms with Crippen LogP contribution in [0.15, 0.2) is 23.1 Å². The number of sulfone groups is 1. The maximum Gasteiger partial charge on any atom is 0.182 e. The molecule has 0 fully saturated rings. The topological polar surface area (TPSA) is 66.4 Å². The molecule has 82 valence electrons. The summed E-state index contributed by atoms with van der Waals surface area (Å²) in [5, 5.41) is 12.0. The van der Waals surface area contributed by atoms with Crippen molar-refractivity contribution < 1.29 is 13.5 Å². The highest BCUT2D eigenvalue weighted by atomic mass is 32.2. The molecule has 5 heteroatoms. The third-order valence-corrected chi connectivity index (χ3v) is 4.32. The van der Waals surface area contributed by atoms with Crippen molar-refractivity contribution in [2.24, 2.45) is 0 Å². The molecule has 1 aliphatic rings. The highest BCUT2D eigenvalue weighted by molar-refractivity contribution is 7.91. The minimum atomic E-state index is -3.25. The van der Waals surface area contributed by atoms with Gasteiger partial charge in [-0.25, -0.2) is 8.42 Å². The maximum absolute atomic E-state index is 11.8. The molecule has 0 radical (unpaired) electrons. The monoisotopic (exact) mass is 227 g/mol. The van der Waals surface area contributed by atoms with Crippen LogP contribution in [0.2, 0.25) is 0 Å². The van der Waals surface area contributed by atoms with Crippen LogP contribution in [0.3, 0.4) is 0 Å². The molecule has 1 heterocycles. The molecule has 1 unspecified atom stereocenters. The van der Waals surface area contributed by atoms with Crippen molar-refractivity contribution in [1.82, 2.24) is 0 Å². The second-order valence-electron chi connectivity index (χ2n) is 3.80. The Morgan fingerprint density at radius 1 is 1.53 bits per heavy atom. The van der Waals surface area contributed by atoms with Gasteiger partial charge in [0, 0.05) is 0 Å². The molecule has 1 atom stereocenters. The van der Waals surface area contributed by atoms with Gasteiger partial charge in [0.1, 0.15) is 0 Å². The molecule has 4 nitrogen and oxygen atoms in total. The number of hydrogen-bond acceptors (Lipinski definition) is 4. The van der Waals surface area contributed by atoms with Crippen LogP contribution in [-0.4, -0.2) is 31.9 Å². The number of hydrogen-bond donors (Lipinski definition) is 2. The average Bonchev–Trinajstić information content (AvgIpc) is 2.18. The smallest absolute Gasteiger partial charge is 0.182 e. The highest BCUT2D eigenvalue weighted by Crippen LogP contribution is 2.28. The van der Waals surface area contributed by atoms with E-state index < -0.39 is 15.9 Å². The van der Waals surface area contributed by atoms with Crippen LogP contribution in [0.1, 0.15) is 5.56 Å². The summed E-state index contributed by atoms with van der Waals surface area (Å²) in [6.45, 7) is 1.68. The molecule has 15 heavy (non-hydrogen) atoms. The summed E-state index contributed by atoms with van der Waals surface area (Å²) in [7, 11) is -3.25. The van der Waals surface area contributed by atoms with E-state index in [1.54, 1.807) is 12.1 Å². The molecule has 2 rings (SSSR count). The Hall–Kier alpha value is -1.07. The first-order valence-electron chi connectivity index (χ1n) is 4.74. The van der Waals surface area contributed by atoms with Crippen LogP contribution in [0.4, 0.5) is 5.69 Å². The molecule has 2 N–H and O–H groups in total. The van der Waals surface area contributed by atoms with Crippen molar-refractivity contribution in [2.45, 2.75) is 17.9 Å². The number of benzene rings is 1. The second kappa shape index (κ2) is 3.50. The Morgan fingerprint density at radius 3 is 2.93 bits per heavy atom. The molecule has 0 aliphatic carbocycles. The van der Waals surface area contributed by atoms with E-state index in [1.807, 2.05) is 13.0 Å². The van der Waals surface area contributed by atoms with E-state index in [0.29, 0.717) is 10.6 Å². The fourth-order valence-electron chi connectivity index (χ4n) is 1.72. The standard InChI is InChI=1S/C10H13NO3S/c1-7-2-3-9-10(4-7)15(13,14)6-8(5-12)11-9/h2-4,8,11-12H,5-6H2,1H3. The van der Waals surface area contributed by atoms with Gasteiger partial charge in [0.25, 0.3) is 0 Å². The molecule has 1 aromatic carbocycles. The van der Waals surface area contributed by atoms with Gasteiger partial charge < -0.3 is 10.4 Å². The van der Waals surface area contributed by atoms with Crippen molar-refractivity contribution in [1.29, 1.82) is 0 Å². The largest absolute Gasteiger partial charge is 0.394 e. The number of aliphatic hydroxyl groups excluding tert-OH is 1. The third-order valence-electron chi connectivity index (χ3n) is 2.47. The molecule has 1 aliphatic heterocycles. The molecule has 0 amide bonds. The van der Waals surface area contributed by atoms with Crippen LogP contribution in [0.5, 0.6) is 0 Å². The first-order valence-corrected chi connectivity index (χ1v) is 6.39. The van der Waals surface area contributed by atoms with E-state index in [-0.39, 0.29) is 12.4 Å². The molecule has 0 aromatic heterocycles. The Morgan fingerprint density at radius 2 is 2.27 bits per heavy atom. The number of aliphatic hydroxyl groups is 1. The Labute approximate surface area is 88.9 Å². The molecular formula is C10H13NO3S. The first-order chi connectivity index (χ1) is 7.03.